The Bertz CT molecular complexity index is 634. The summed E-state index contributed by atoms with van der Waals surface area (Å²) in [6, 6.07) is 10.5. The minimum atomic E-state index is -3.13. The second kappa shape index (κ2) is 6.51. The van der Waals surface area contributed by atoms with Crippen LogP contribution in [-0.4, -0.2) is 63.8 Å². The SMILES string of the molecule is COC[C@@]12CCN(Cc3ccccc3)C[C@@H]1CN(S(C)(=O)=O)C2. The first-order chi connectivity index (χ1) is 10.9. The number of sulfonamides is 1. The number of hydrogen-bond acceptors (Lipinski definition) is 4. The molecule has 2 heterocycles. The summed E-state index contributed by atoms with van der Waals surface area (Å²) in [7, 11) is -1.42. The molecule has 128 valence electrons. The second-order valence-electron chi connectivity index (χ2n) is 7.02. The maximum Gasteiger partial charge on any atom is 0.211 e. The van der Waals surface area contributed by atoms with Crippen LogP contribution in [0, 0.1) is 11.3 Å². The van der Waals surface area contributed by atoms with Gasteiger partial charge >= 0.3 is 0 Å². The molecule has 2 atom stereocenters. The quantitative estimate of drug-likeness (QED) is 0.815. The van der Waals surface area contributed by atoms with Crippen LogP contribution < -0.4 is 0 Å². The normalized spacial score (nSPS) is 29.6. The Morgan fingerprint density at radius 2 is 2.00 bits per heavy atom. The standard InChI is InChI=1S/C17H26N2O3S/c1-22-14-17-8-9-18(10-15-6-4-3-5-7-15)11-16(17)12-19(13-17)23(2,20)21/h3-7,16H,8-14H2,1-2H3/t16-,17+/m1/s1. The van der Waals surface area contributed by atoms with Crippen molar-refractivity contribution in [2.24, 2.45) is 11.3 Å². The lowest BCUT2D eigenvalue weighted by Gasteiger charge is -2.43. The molecule has 0 bridgehead atoms. The number of hydrogen-bond donors (Lipinski definition) is 0. The number of ether oxygens (including phenoxy) is 1. The number of methoxy groups -OCH3 is 1. The van der Waals surface area contributed by atoms with Crippen molar-refractivity contribution in [1.82, 2.24) is 9.21 Å². The molecule has 1 aromatic rings. The third-order valence-corrected chi connectivity index (χ3v) is 6.55. The summed E-state index contributed by atoms with van der Waals surface area (Å²) in [6.07, 6.45) is 2.30. The number of likely N-dealkylation sites (tertiary alicyclic amines) is 1. The molecule has 0 N–H and O–H groups in total. The van der Waals surface area contributed by atoms with E-state index in [4.69, 9.17) is 4.74 Å². The monoisotopic (exact) mass is 338 g/mol. The highest BCUT2D eigenvalue weighted by molar-refractivity contribution is 7.88. The predicted octanol–water partition coefficient (Wildman–Crippen LogP) is 1.42. The Morgan fingerprint density at radius 1 is 1.26 bits per heavy atom. The second-order valence-corrected chi connectivity index (χ2v) is 9.00. The first kappa shape index (κ1) is 16.9. The van der Waals surface area contributed by atoms with Crippen molar-refractivity contribution in [3.8, 4) is 0 Å². The maximum absolute atomic E-state index is 12.0. The lowest BCUT2D eigenvalue weighted by molar-refractivity contribution is -0.00108. The summed E-state index contributed by atoms with van der Waals surface area (Å²) in [5, 5.41) is 0. The Labute approximate surface area is 139 Å². The Hall–Kier alpha value is -0.950. The van der Waals surface area contributed by atoms with E-state index >= 15 is 0 Å². The summed E-state index contributed by atoms with van der Waals surface area (Å²) in [5.41, 5.74) is 1.29. The molecule has 1 aromatic carbocycles. The Balaban J connectivity index is 1.73. The van der Waals surface area contributed by atoms with Crippen molar-refractivity contribution in [2.45, 2.75) is 13.0 Å². The molecule has 0 saturated carbocycles. The number of piperidine rings is 1. The molecular formula is C17H26N2O3S. The molecule has 0 aromatic heterocycles. The van der Waals surface area contributed by atoms with Crippen LogP contribution >= 0.6 is 0 Å². The highest BCUT2D eigenvalue weighted by Gasteiger charge is 2.51. The van der Waals surface area contributed by atoms with Gasteiger partial charge in [0, 0.05) is 38.7 Å². The molecule has 0 unspecified atom stereocenters. The van der Waals surface area contributed by atoms with Gasteiger partial charge in [-0.05, 0) is 24.4 Å². The average Bonchev–Trinajstić information content (AvgIpc) is 2.88. The van der Waals surface area contributed by atoms with Crippen molar-refractivity contribution in [2.75, 3.05) is 46.2 Å². The molecule has 5 nitrogen and oxygen atoms in total. The van der Waals surface area contributed by atoms with E-state index in [1.165, 1.54) is 11.8 Å². The minimum Gasteiger partial charge on any atom is -0.384 e. The lowest BCUT2D eigenvalue weighted by Crippen LogP contribution is -2.48. The van der Waals surface area contributed by atoms with Crippen molar-refractivity contribution >= 4 is 10.0 Å². The number of rotatable bonds is 5. The minimum absolute atomic E-state index is 0.0228. The van der Waals surface area contributed by atoms with Gasteiger partial charge in [-0.2, -0.15) is 0 Å². The zero-order valence-corrected chi connectivity index (χ0v) is 14.8. The van der Waals surface area contributed by atoms with E-state index in [9.17, 15) is 8.42 Å². The highest BCUT2D eigenvalue weighted by atomic mass is 32.2. The first-order valence-corrected chi connectivity index (χ1v) is 9.98. The summed E-state index contributed by atoms with van der Waals surface area (Å²) in [5.74, 6) is 0.342. The van der Waals surface area contributed by atoms with Crippen molar-refractivity contribution in [3.63, 3.8) is 0 Å². The summed E-state index contributed by atoms with van der Waals surface area (Å²) < 4.78 is 31.0. The van der Waals surface area contributed by atoms with Crippen molar-refractivity contribution in [3.05, 3.63) is 35.9 Å². The zero-order valence-electron chi connectivity index (χ0n) is 13.9. The van der Waals surface area contributed by atoms with E-state index in [1.54, 1.807) is 11.4 Å². The third-order valence-electron chi connectivity index (χ3n) is 5.34. The van der Waals surface area contributed by atoms with Crippen LogP contribution in [0.2, 0.25) is 0 Å². The fraction of sp³-hybridized carbons (Fsp3) is 0.647. The Morgan fingerprint density at radius 3 is 2.65 bits per heavy atom. The van der Waals surface area contributed by atoms with E-state index in [2.05, 4.69) is 29.2 Å². The summed E-state index contributed by atoms with van der Waals surface area (Å²) in [4.78, 5) is 2.44. The summed E-state index contributed by atoms with van der Waals surface area (Å²) >= 11 is 0. The van der Waals surface area contributed by atoms with Crippen molar-refractivity contribution < 1.29 is 13.2 Å². The molecule has 2 aliphatic rings. The topological polar surface area (TPSA) is 49.9 Å². The van der Waals surface area contributed by atoms with Gasteiger partial charge in [-0.25, -0.2) is 12.7 Å². The first-order valence-electron chi connectivity index (χ1n) is 8.13. The van der Waals surface area contributed by atoms with E-state index in [-0.39, 0.29) is 5.41 Å². The average molecular weight is 338 g/mol. The highest BCUT2D eigenvalue weighted by Crippen LogP contribution is 2.44. The van der Waals surface area contributed by atoms with Gasteiger partial charge in [-0.15, -0.1) is 0 Å². The molecule has 2 fully saturated rings. The molecule has 6 heteroatoms. The number of benzene rings is 1. The van der Waals surface area contributed by atoms with Gasteiger partial charge in [0.05, 0.1) is 12.9 Å². The van der Waals surface area contributed by atoms with Crippen LogP contribution in [0.25, 0.3) is 0 Å². The predicted molar refractivity (Wildman–Crippen MR) is 90.6 cm³/mol. The van der Waals surface area contributed by atoms with Gasteiger partial charge in [-0.3, -0.25) is 4.90 Å². The number of nitrogens with zero attached hydrogens (tertiary/aromatic N) is 2. The maximum atomic E-state index is 12.0. The lowest BCUT2D eigenvalue weighted by atomic mass is 9.73. The van der Waals surface area contributed by atoms with E-state index < -0.39 is 10.0 Å². The van der Waals surface area contributed by atoms with Crippen LogP contribution in [0.1, 0.15) is 12.0 Å². The smallest absolute Gasteiger partial charge is 0.211 e. The third kappa shape index (κ3) is 3.60. The van der Waals surface area contributed by atoms with E-state index in [1.807, 2.05) is 6.07 Å². The molecule has 0 amide bonds. The van der Waals surface area contributed by atoms with Gasteiger partial charge in [0.1, 0.15) is 0 Å². The van der Waals surface area contributed by atoms with Gasteiger partial charge in [0.25, 0.3) is 0 Å². The van der Waals surface area contributed by atoms with Crippen LogP contribution in [0.4, 0.5) is 0 Å². The molecule has 3 rings (SSSR count). The van der Waals surface area contributed by atoms with E-state index in [0.717, 1.165) is 26.1 Å². The van der Waals surface area contributed by atoms with Gasteiger partial charge in [0.2, 0.25) is 10.0 Å². The number of fused-ring (bicyclic) bond motifs is 1. The van der Waals surface area contributed by atoms with E-state index in [0.29, 0.717) is 25.6 Å². The molecule has 2 aliphatic heterocycles. The molecule has 0 spiro atoms. The zero-order chi connectivity index (χ0) is 16.5. The molecule has 0 aliphatic carbocycles. The van der Waals surface area contributed by atoms with Crippen LogP contribution in [0.15, 0.2) is 30.3 Å². The van der Waals surface area contributed by atoms with Gasteiger partial charge in [-0.1, -0.05) is 30.3 Å². The fourth-order valence-electron chi connectivity index (χ4n) is 4.06. The van der Waals surface area contributed by atoms with Crippen LogP contribution in [-0.2, 0) is 21.3 Å². The van der Waals surface area contributed by atoms with Gasteiger partial charge in [0.15, 0.2) is 0 Å². The largest absolute Gasteiger partial charge is 0.384 e. The Kier molecular flexibility index (Phi) is 4.78. The molecule has 0 radical (unpaired) electrons. The van der Waals surface area contributed by atoms with Crippen molar-refractivity contribution in [1.29, 1.82) is 0 Å². The summed E-state index contributed by atoms with van der Waals surface area (Å²) in [6.45, 7) is 4.72. The molecule has 23 heavy (non-hydrogen) atoms. The molecule has 2 saturated heterocycles. The van der Waals surface area contributed by atoms with Gasteiger partial charge < -0.3 is 4.74 Å². The molecular weight excluding hydrogens is 312 g/mol. The van der Waals surface area contributed by atoms with Crippen LogP contribution in [0.3, 0.4) is 0 Å². The fourth-order valence-corrected chi connectivity index (χ4v) is 5.01. The van der Waals surface area contributed by atoms with Crippen LogP contribution in [0.5, 0.6) is 0 Å².